The third-order valence-corrected chi connectivity index (χ3v) is 1.89. The summed E-state index contributed by atoms with van der Waals surface area (Å²) in [7, 11) is 3.54. The first-order chi connectivity index (χ1) is 7.02. The molecular weight excluding hydrogens is 196 g/mol. The lowest BCUT2D eigenvalue weighted by atomic mass is 10.1. The van der Waals surface area contributed by atoms with E-state index in [0.717, 1.165) is 19.3 Å². The van der Waals surface area contributed by atoms with Crippen molar-refractivity contribution < 1.29 is 14.7 Å². The molecule has 0 aromatic carbocycles. The maximum atomic E-state index is 11.1. The number of carbonyl (C=O) groups excluding carboxylic acids is 1. The molecule has 15 heavy (non-hydrogen) atoms. The summed E-state index contributed by atoms with van der Waals surface area (Å²) in [4.78, 5) is 21.3. The van der Waals surface area contributed by atoms with E-state index < -0.39 is 5.97 Å². The van der Waals surface area contributed by atoms with Crippen molar-refractivity contribution >= 4 is 11.9 Å². The second-order valence-corrected chi connectivity index (χ2v) is 3.74. The quantitative estimate of drug-likeness (QED) is 0.469. The zero-order valence-corrected chi connectivity index (χ0v) is 9.45. The van der Waals surface area contributed by atoms with Gasteiger partial charge in [-0.15, -0.1) is 0 Å². The van der Waals surface area contributed by atoms with E-state index in [-0.39, 0.29) is 12.3 Å². The second-order valence-electron chi connectivity index (χ2n) is 3.74. The number of nitrogens with one attached hydrogen (secondary N) is 1. The minimum Gasteiger partial charge on any atom is -0.481 e. The van der Waals surface area contributed by atoms with Gasteiger partial charge < -0.3 is 5.11 Å². The topological polar surface area (TPSA) is 69.6 Å². The number of aliphatic carboxylic acids is 1. The number of unbranched alkanes of at least 4 members (excludes halogenated alkanes) is 3. The summed E-state index contributed by atoms with van der Waals surface area (Å²) >= 11 is 0. The summed E-state index contributed by atoms with van der Waals surface area (Å²) in [6.45, 7) is 0. The van der Waals surface area contributed by atoms with E-state index in [2.05, 4.69) is 5.43 Å². The van der Waals surface area contributed by atoms with Gasteiger partial charge in [-0.1, -0.05) is 12.8 Å². The van der Waals surface area contributed by atoms with Crippen LogP contribution in [0.3, 0.4) is 0 Å². The number of hydrogen-bond donors (Lipinski definition) is 2. The lowest BCUT2D eigenvalue weighted by Gasteiger charge is -2.11. The van der Waals surface area contributed by atoms with Crippen molar-refractivity contribution in [1.82, 2.24) is 10.4 Å². The van der Waals surface area contributed by atoms with Crippen LogP contribution < -0.4 is 5.43 Å². The first-order valence-corrected chi connectivity index (χ1v) is 5.21. The Bertz CT molecular complexity index is 205. The maximum Gasteiger partial charge on any atom is 0.303 e. The Morgan fingerprint density at radius 3 is 2.07 bits per heavy atom. The number of nitrogens with zero attached hydrogens (tertiary/aromatic N) is 1. The molecule has 0 radical (unpaired) electrons. The van der Waals surface area contributed by atoms with Crippen molar-refractivity contribution in [2.24, 2.45) is 0 Å². The molecule has 0 saturated heterocycles. The number of carbonyl (C=O) groups is 2. The standard InChI is InChI=1S/C10H20N2O3/c1-12(2)11-9(13)7-5-3-4-6-8-10(14)15/h3-8H2,1-2H3,(H,11,13)(H,14,15). The van der Waals surface area contributed by atoms with Crippen molar-refractivity contribution in [2.75, 3.05) is 14.1 Å². The molecule has 0 heterocycles. The maximum absolute atomic E-state index is 11.1. The third kappa shape index (κ3) is 10.8. The van der Waals surface area contributed by atoms with Crippen molar-refractivity contribution in [3.8, 4) is 0 Å². The van der Waals surface area contributed by atoms with Gasteiger partial charge in [0, 0.05) is 26.9 Å². The molecule has 0 aliphatic rings. The molecule has 0 saturated carbocycles. The van der Waals surface area contributed by atoms with Gasteiger partial charge in [0.25, 0.3) is 0 Å². The van der Waals surface area contributed by atoms with Gasteiger partial charge in [0.1, 0.15) is 0 Å². The molecule has 5 nitrogen and oxygen atoms in total. The van der Waals surface area contributed by atoms with E-state index in [0.29, 0.717) is 12.8 Å². The van der Waals surface area contributed by atoms with Gasteiger partial charge in [0.15, 0.2) is 0 Å². The lowest BCUT2D eigenvalue weighted by Crippen LogP contribution is -2.35. The van der Waals surface area contributed by atoms with Crippen molar-refractivity contribution in [3.05, 3.63) is 0 Å². The van der Waals surface area contributed by atoms with E-state index >= 15 is 0 Å². The molecule has 1 amide bonds. The summed E-state index contributed by atoms with van der Waals surface area (Å²) in [5.41, 5.74) is 2.65. The second kappa shape index (κ2) is 8.23. The molecule has 0 spiro atoms. The average Bonchev–Trinajstić information content (AvgIpc) is 2.09. The number of rotatable bonds is 8. The molecular formula is C10H20N2O3. The summed E-state index contributed by atoms with van der Waals surface area (Å²) < 4.78 is 0. The van der Waals surface area contributed by atoms with Crippen LogP contribution in [-0.2, 0) is 9.59 Å². The molecule has 0 fully saturated rings. The highest BCUT2D eigenvalue weighted by Gasteiger charge is 2.01. The highest BCUT2D eigenvalue weighted by molar-refractivity contribution is 5.75. The average molecular weight is 216 g/mol. The van der Waals surface area contributed by atoms with E-state index in [4.69, 9.17) is 5.11 Å². The third-order valence-electron chi connectivity index (χ3n) is 1.89. The first kappa shape index (κ1) is 13.9. The predicted molar refractivity (Wildman–Crippen MR) is 57.2 cm³/mol. The molecule has 0 unspecified atom stereocenters. The lowest BCUT2D eigenvalue weighted by molar-refractivity contribution is -0.137. The van der Waals surface area contributed by atoms with E-state index in [1.807, 2.05) is 0 Å². The fourth-order valence-electron chi connectivity index (χ4n) is 1.22. The van der Waals surface area contributed by atoms with Gasteiger partial charge in [0.05, 0.1) is 0 Å². The molecule has 5 heteroatoms. The SMILES string of the molecule is CN(C)NC(=O)CCCCCCC(=O)O. The van der Waals surface area contributed by atoms with Crippen LogP contribution >= 0.6 is 0 Å². The Morgan fingerprint density at radius 2 is 1.60 bits per heavy atom. The van der Waals surface area contributed by atoms with Gasteiger partial charge in [-0.2, -0.15) is 0 Å². The van der Waals surface area contributed by atoms with Crippen molar-refractivity contribution in [1.29, 1.82) is 0 Å². The number of carboxylic acid groups (broad SMARTS) is 1. The van der Waals surface area contributed by atoms with Crippen LogP contribution in [0.4, 0.5) is 0 Å². The molecule has 0 atom stereocenters. The zero-order valence-electron chi connectivity index (χ0n) is 9.45. The van der Waals surface area contributed by atoms with Crippen LogP contribution in [0.25, 0.3) is 0 Å². The summed E-state index contributed by atoms with van der Waals surface area (Å²) in [6, 6.07) is 0. The Morgan fingerprint density at radius 1 is 1.07 bits per heavy atom. The van der Waals surface area contributed by atoms with Crippen molar-refractivity contribution in [3.63, 3.8) is 0 Å². The van der Waals surface area contributed by atoms with Crippen LogP contribution in [-0.4, -0.2) is 36.1 Å². The van der Waals surface area contributed by atoms with Gasteiger partial charge in [-0.05, 0) is 12.8 Å². The molecule has 0 aliphatic carbocycles. The molecule has 0 aliphatic heterocycles. The zero-order chi connectivity index (χ0) is 11.7. The predicted octanol–water partition coefficient (Wildman–Crippen LogP) is 1.00. The fourth-order valence-corrected chi connectivity index (χ4v) is 1.22. The van der Waals surface area contributed by atoms with E-state index in [1.165, 1.54) is 0 Å². The Labute approximate surface area is 90.4 Å². The number of hydrazine groups is 1. The molecule has 2 N–H and O–H groups in total. The number of amides is 1. The monoisotopic (exact) mass is 216 g/mol. The summed E-state index contributed by atoms with van der Waals surface area (Å²) in [5, 5.41) is 10.0. The smallest absolute Gasteiger partial charge is 0.303 e. The van der Waals surface area contributed by atoms with Gasteiger partial charge in [-0.3, -0.25) is 15.0 Å². The normalized spacial score (nSPS) is 10.3. The molecule has 0 bridgehead atoms. The number of hydrogen-bond acceptors (Lipinski definition) is 3. The fraction of sp³-hybridized carbons (Fsp3) is 0.800. The largest absolute Gasteiger partial charge is 0.481 e. The Hall–Kier alpha value is -1.10. The molecule has 0 aromatic heterocycles. The summed E-state index contributed by atoms with van der Waals surface area (Å²) in [5.74, 6) is -0.737. The molecule has 0 aromatic rings. The van der Waals surface area contributed by atoms with Gasteiger partial charge >= 0.3 is 5.97 Å². The first-order valence-electron chi connectivity index (χ1n) is 5.21. The molecule has 0 rings (SSSR count). The number of carboxylic acids is 1. The van der Waals surface area contributed by atoms with Crippen LogP contribution in [0, 0.1) is 0 Å². The Kier molecular flexibility index (Phi) is 7.62. The van der Waals surface area contributed by atoms with Crippen LogP contribution in [0.1, 0.15) is 38.5 Å². The minimum atomic E-state index is -0.750. The molecule has 88 valence electrons. The van der Waals surface area contributed by atoms with E-state index in [1.54, 1.807) is 19.1 Å². The minimum absolute atomic E-state index is 0.0123. The highest BCUT2D eigenvalue weighted by Crippen LogP contribution is 2.05. The van der Waals surface area contributed by atoms with Crippen LogP contribution in [0.5, 0.6) is 0 Å². The Balaban J connectivity index is 3.24. The highest BCUT2D eigenvalue weighted by atomic mass is 16.4. The summed E-state index contributed by atoms with van der Waals surface area (Å²) in [6.07, 6.45) is 4.04. The van der Waals surface area contributed by atoms with Crippen LogP contribution in [0.2, 0.25) is 0 Å². The van der Waals surface area contributed by atoms with Crippen LogP contribution in [0.15, 0.2) is 0 Å². The van der Waals surface area contributed by atoms with Crippen molar-refractivity contribution in [2.45, 2.75) is 38.5 Å². The van der Waals surface area contributed by atoms with Gasteiger partial charge in [0.2, 0.25) is 5.91 Å². The van der Waals surface area contributed by atoms with Gasteiger partial charge in [-0.25, -0.2) is 5.01 Å². The van der Waals surface area contributed by atoms with E-state index in [9.17, 15) is 9.59 Å².